The molecule has 4 nitrogen and oxygen atoms in total. The molecular weight excluding hydrogens is 341 g/mol. The van der Waals surface area contributed by atoms with Crippen molar-refractivity contribution in [3.63, 3.8) is 0 Å². The summed E-state index contributed by atoms with van der Waals surface area (Å²) in [7, 11) is 0. The predicted octanol–water partition coefficient (Wildman–Crippen LogP) is 4.95. The molecule has 0 saturated carbocycles. The maximum Gasteiger partial charge on any atom is 0.273 e. The van der Waals surface area contributed by atoms with Crippen molar-refractivity contribution in [3.05, 3.63) is 77.2 Å². The molecule has 3 aromatic rings. The van der Waals surface area contributed by atoms with Gasteiger partial charge in [0.25, 0.3) is 5.91 Å². The van der Waals surface area contributed by atoms with E-state index in [1.807, 2.05) is 35.2 Å². The van der Waals surface area contributed by atoms with Gasteiger partial charge in [-0.2, -0.15) is 5.10 Å². The molecular formula is C22H22FN3O. The molecule has 1 aliphatic heterocycles. The van der Waals surface area contributed by atoms with E-state index in [2.05, 4.69) is 17.1 Å². The van der Waals surface area contributed by atoms with Gasteiger partial charge in [-0.05, 0) is 24.1 Å². The Kier molecular flexibility index (Phi) is 4.75. The van der Waals surface area contributed by atoms with Crippen LogP contribution >= 0.6 is 0 Å². The van der Waals surface area contributed by atoms with E-state index < -0.39 is 0 Å². The summed E-state index contributed by atoms with van der Waals surface area (Å²) in [6.45, 7) is 2.81. The van der Waals surface area contributed by atoms with Crippen molar-refractivity contribution in [1.82, 2.24) is 15.1 Å². The highest BCUT2D eigenvalue weighted by Crippen LogP contribution is 2.42. The molecule has 0 fully saturated rings. The average Bonchev–Trinajstić information content (AvgIpc) is 3.23. The first-order valence-electron chi connectivity index (χ1n) is 9.40. The monoisotopic (exact) mass is 363 g/mol. The van der Waals surface area contributed by atoms with E-state index in [0.717, 1.165) is 41.6 Å². The predicted molar refractivity (Wildman–Crippen MR) is 103 cm³/mol. The van der Waals surface area contributed by atoms with E-state index in [-0.39, 0.29) is 17.8 Å². The summed E-state index contributed by atoms with van der Waals surface area (Å²) in [6, 6.07) is 16.0. The van der Waals surface area contributed by atoms with Crippen molar-refractivity contribution in [2.24, 2.45) is 0 Å². The molecule has 138 valence electrons. The Bertz CT molecular complexity index is 934. The lowest BCUT2D eigenvalue weighted by Crippen LogP contribution is -2.30. The minimum Gasteiger partial charge on any atom is -0.326 e. The van der Waals surface area contributed by atoms with Gasteiger partial charge in [-0.3, -0.25) is 9.89 Å². The maximum atomic E-state index is 13.5. The van der Waals surface area contributed by atoms with Crippen molar-refractivity contribution in [1.29, 1.82) is 0 Å². The highest BCUT2D eigenvalue weighted by atomic mass is 19.1. The molecule has 4 rings (SSSR count). The molecule has 1 N–H and O–H groups in total. The van der Waals surface area contributed by atoms with Crippen molar-refractivity contribution >= 4 is 5.91 Å². The second kappa shape index (κ2) is 7.35. The zero-order chi connectivity index (χ0) is 18.8. The highest BCUT2D eigenvalue weighted by molar-refractivity contribution is 6.00. The minimum atomic E-state index is -0.281. The van der Waals surface area contributed by atoms with Crippen LogP contribution in [0.1, 0.15) is 53.8 Å². The van der Waals surface area contributed by atoms with Gasteiger partial charge in [0.1, 0.15) is 11.5 Å². The number of carbonyl (C=O) groups excluding carboxylic acids is 1. The molecule has 2 heterocycles. The number of H-pyrrole nitrogens is 1. The van der Waals surface area contributed by atoms with Crippen molar-refractivity contribution < 1.29 is 9.18 Å². The summed E-state index contributed by atoms with van der Waals surface area (Å²) in [4.78, 5) is 15.0. The normalized spacial score (nSPS) is 16.0. The molecule has 1 aliphatic rings. The first-order chi connectivity index (χ1) is 13.2. The molecule has 0 aliphatic carbocycles. The number of aromatic nitrogens is 2. The van der Waals surface area contributed by atoms with Crippen LogP contribution in [0.25, 0.3) is 11.3 Å². The van der Waals surface area contributed by atoms with Gasteiger partial charge in [-0.15, -0.1) is 0 Å². The number of unbranched alkanes of at least 4 members (excludes halogenated alkanes) is 2. The van der Waals surface area contributed by atoms with E-state index in [9.17, 15) is 9.18 Å². The van der Waals surface area contributed by atoms with Gasteiger partial charge in [-0.1, -0.05) is 62.2 Å². The molecule has 1 amide bonds. The van der Waals surface area contributed by atoms with Crippen LogP contribution in [0.5, 0.6) is 0 Å². The average molecular weight is 363 g/mol. The summed E-state index contributed by atoms with van der Waals surface area (Å²) in [5.41, 5.74) is 4.07. The number of fused-ring (bicyclic) bond motifs is 1. The summed E-state index contributed by atoms with van der Waals surface area (Å²) >= 11 is 0. The third kappa shape index (κ3) is 3.14. The van der Waals surface area contributed by atoms with Crippen LogP contribution in [0.4, 0.5) is 4.39 Å². The fourth-order valence-corrected chi connectivity index (χ4v) is 3.77. The smallest absolute Gasteiger partial charge is 0.273 e. The molecule has 0 bridgehead atoms. The molecule has 1 aromatic heterocycles. The quantitative estimate of drug-likeness (QED) is 0.630. The number of nitrogens with one attached hydrogen (secondary N) is 1. The van der Waals surface area contributed by atoms with Crippen molar-refractivity contribution in [2.45, 2.75) is 32.2 Å². The number of nitrogens with zero attached hydrogens (tertiary/aromatic N) is 2. The first kappa shape index (κ1) is 17.5. The van der Waals surface area contributed by atoms with E-state index in [1.54, 1.807) is 12.1 Å². The number of carbonyl (C=O) groups is 1. The zero-order valence-corrected chi connectivity index (χ0v) is 15.3. The number of halogens is 1. The Morgan fingerprint density at radius 3 is 2.52 bits per heavy atom. The molecule has 2 aromatic carbocycles. The van der Waals surface area contributed by atoms with Crippen LogP contribution in [-0.4, -0.2) is 27.5 Å². The lowest BCUT2D eigenvalue weighted by Gasteiger charge is -2.26. The van der Waals surface area contributed by atoms with Crippen LogP contribution in [-0.2, 0) is 0 Å². The van der Waals surface area contributed by atoms with Gasteiger partial charge >= 0.3 is 0 Å². The number of aromatic amines is 1. The van der Waals surface area contributed by atoms with E-state index in [0.29, 0.717) is 12.2 Å². The van der Waals surface area contributed by atoms with E-state index in [4.69, 9.17) is 0 Å². The minimum absolute atomic E-state index is 0.0369. The third-order valence-corrected chi connectivity index (χ3v) is 5.10. The summed E-state index contributed by atoms with van der Waals surface area (Å²) in [6.07, 6.45) is 3.10. The van der Waals surface area contributed by atoms with Gasteiger partial charge in [0.15, 0.2) is 0 Å². The second-order valence-electron chi connectivity index (χ2n) is 6.89. The summed E-state index contributed by atoms with van der Waals surface area (Å²) in [5, 5.41) is 7.39. The van der Waals surface area contributed by atoms with E-state index in [1.165, 1.54) is 12.1 Å². The van der Waals surface area contributed by atoms with Crippen molar-refractivity contribution in [3.8, 4) is 11.3 Å². The van der Waals surface area contributed by atoms with Gasteiger partial charge < -0.3 is 4.90 Å². The number of benzene rings is 2. The fourth-order valence-electron chi connectivity index (χ4n) is 3.77. The van der Waals surface area contributed by atoms with Crippen LogP contribution in [0.2, 0.25) is 0 Å². The Morgan fingerprint density at radius 2 is 1.81 bits per heavy atom. The van der Waals surface area contributed by atoms with Gasteiger partial charge in [0, 0.05) is 17.7 Å². The van der Waals surface area contributed by atoms with Crippen LogP contribution in [0, 0.1) is 5.82 Å². The largest absolute Gasteiger partial charge is 0.326 e. The van der Waals surface area contributed by atoms with Crippen LogP contribution < -0.4 is 0 Å². The SMILES string of the molecule is CCCCCN1C(=O)c2[nH]nc(-c3ccccc3)c2C1c1ccc(F)cc1. The molecule has 27 heavy (non-hydrogen) atoms. The molecule has 1 atom stereocenters. The Labute approximate surface area is 158 Å². The maximum absolute atomic E-state index is 13.5. The number of hydrogen-bond donors (Lipinski definition) is 1. The molecule has 5 heteroatoms. The lowest BCUT2D eigenvalue weighted by molar-refractivity contribution is 0.0740. The second-order valence-corrected chi connectivity index (χ2v) is 6.89. The molecule has 0 spiro atoms. The first-order valence-corrected chi connectivity index (χ1v) is 9.40. The standard InChI is InChI=1S/C22H22FN3O/c1-2-3-7-14-26-21(16-10-12-17(23)13-11-16)18-19(15-8-5-4-6-9-15)24-25-20(18)22(26)27/h4-6,8-13,21H,2-3,7,14H2,1H3,(H,24,25). The Balaban J connectivity index is 1.81. The van der Waals surface area contributed by atoms with Crippen LogP contribution in [0.3, 0.4) is 0 Å². The van der Waals surface area contributed by atoms with Crippen molar-refractivity contribution in [2.75, 3.05) is 6.54 Å². The van der Waals surface area contributed by atoms with Gasteiger partial charge in [0.05, 0.1) is 11.7 Å². The lowest BCUT2D eigenvalue weighted by atomic mass is 9.96. The summed E-state index contributed by atoms with van der Waals surface area (Å²) < 4.78 is 13.5. The summed E-state index contributed by atoms with van der Waals surface area (Å²) in [5.74, 6) is -0.318. The molecule has 0 radical (unpaired) electrons. The third-order valence-electron chi connectivity index (χ3n) is 5.10. The number of rotatable bonds is 6. The van der Waals surface area contributed by atoms with Crippen LogP contribution in [0.15, 0.2) is 54.6 Å². The highest BCUT2D eigenvalue weighted by Gasteiger charge is 2.41. The Morgan fingerprint density at radius 1 is 1.07 bits per heavy atom. The fraction of sp³-hybridized carbons (Fsp3) is 0.273. The molecule has 1 unspecified atom stereocenters. The van der Waals surface area contributed by atoms with Gasteiger partial charge in [0.2, 0.25) is 0 Å². The number of hydrogen-bond acceptors (Lipinski definition) is 2. The van der Waals surface area contributed by atoms with E-state index >= 15 is 0 Å². The molecule has 0 saturated heterocycles. The topological polar surface area (TPSA) is 49.0 Å². The number of amides is 1. The zero-order valence-electron chi connectivity index (χ0n) is 15.3. The van der Waals surface area contributed by atoms with Gasteiger partial charge in [-0.25, -0.2) is 4.39 Å². The Hall–Kier alpha value is -2.95.